The Morgan fingerprint density at radius 1 is 1.14 bits per heavy atom. The number of anilines is 1. The zero-order chi connectivity index (χ0) is 20.1. The molecule has 0 bridgehead atoms. The number of hydrogen-bond acceptors (Lipinski definition) is 6. The Balaban J connectivity index is 1.49. The minimum Gasteiger partial charge on any atom is -0.497 e. The predicted octanol–water partition coefficient (Wildman–Crippen LogP) is 0.927. The molecule has 1 saturated carbocycles. The molecule has 154 valence electrons. The Hall–Kier alpha value is -2.32. The smallest absolute Gasteiger partial charge is 0.241 e. The van der Waals surface area contributed by atoms with E-state index in [1.54, 1.807) is 32.4 Å². The van der Waals surface area contributed by atoms with E-state index in [9.17, 15) is 9.59 Å². The molecule has 8 nitrogen and oxygen atoms in total. The fraction of sp³-hybridized carbons (Fsp3) is 0.600. The molecule has 0 radical (unpaired) electrons. The summed E-state index contributed by atoms with van der Waals surface area (Å²) in [7, 11) is 3.15. The van der Waals surface area contributed by atoms with Crippen molar-refractivity contribution in [1.82, 2.24) is 15.1 Å². The molecular formula is C20H30N4O4. The molecule has 1 unspecified atom stereocenters. The number of carbonyl (C=O) groups is 2. The second-order valence-corrected chi connectivity index (χ2v) is 7.39. The van der Waals surface area contributed by atoms with Crippen LogP contribution in [0, 0.1) is 0 Å². The van der Waals surface area contributed by atoms with Gasteiger partial charge in [0.05, 0.1) is 32.5 Å². The number of methoxy groups -OCH3 is 2. The van der Waals surface area contributed by atoms with Crippen molar-refractivity contribution in [2.45, 2.75) is 31.8 Å². The average Bonchev–Trinajstić information content (AvgIpc) is 3.51. The zero-order valence-electron chi connectivity index (χ0n) is 16.9. The van der Waals surface area contributed by atoms with Crippen LogP contribution in [0.5, 0.6) is 11.5 Å². The van der Waals surface area contributed by atoms with Crippen LogP contribution in [0.4, 0.5) is 5.69 Å². The summed E-state index contributed by atoms with van der Waals surface area (Å²) in [6, 6.07) is 5.42. The third-order valence-corrected chi connectivity index (χ3v) is 5.31. The highest BCUT2D eigenvalue weighted by molar-refractivity contribution is 5.96. The topological polar surface area (TPSA) is 83.1 Å². The number of nitrogens with zero attached hydrogens (tertiary/aromatic N) is 2. The number of rotatable bonds is 8. The number of benzene rings is 1. The molecule has 1 aromatic rings. The SMILES string of the molecule is COc1ccc(OC)c(NC(=O)C(C)N2CCN(CC(=O)NC3CC3)CC2)c1. The van der Waals surface area contributed by atoms with Gasteiger partial charge in [0.2, 0.25) is 11.8 Å². The van der Waals surface area contributed by atoms with Crippen LogP contribution in [0.3, 0.4) is 0 Å². The van der Waals surface area contributed by atoms with Crippen LogP contribution in [-0.2, 0) is 9.59 Å². The molecule has 1 saturated heterocycles. The van der Waals surface area contributed by atoms with Crippen LogP contribution in [-0.4, -0.2) is 80.6 Å². The lowest BCUT2D eigenvalue weighted by atomic mass is 10.2. The van der Waals surface area contributed by atoms with E-state index >= 15 is 0 Å². The third kappa shape index (κ3) is 5.36. The van der Waals surface area contributed by atoms with Crippen molar-refractivity contribution in [3.05, 3.63) is 18.2 Å². The molecule has 1 aromatic carbocycles. The second kappa shape index (κ2) is 9.25. The lowest BCUT2D eigenvalue weighted by Crippen LogP contribution is -2.54. The molecule has 0 aromatic heterocycles. The molecule has 1 aliphatic heterocycles. The highest BCUT2D eigenvalue weighted by atomic mass is 16.5. The molecule has 8 heteroatoms. The van der Waals surface area contributed by atoms with E-state index in [4.69, 9.17) is 9.47 Å². The molecule has 2 aliphatic rings. The van der Waals surface area contributed by atoms with Gasteiger partial charge in [-0.15, -0.1) is 0 Å². The van der Waals surface area contributed by atoms with Crippen LogP contribution in [0.2, 0.25) is 0 Å². The fourth-order valence-corrected chi connectivity index (χ4v) is 3.33. The van der Waals surface area contributed by atoms with Crippen LogP contribution in [0.1, 0.15) is 19.8 Å². The Morgan fingerprint density at radius 2 is 1.86 bits per heavy atom. The highest BCUT2D eigenvalue weighted by Crippen LogP contribution is 2.29. The summed E-state index contributed by atoms with van der Waals surface area (Å²) in [5, 5.41) is 5.96. The van der Waals surface area contributed by atoms with Crippen molar-refractivity contribution < 1.29 is 19.1 Å². The van der Waals surface area contributed by atoms with E-state index in [0.717, 1.165) is 39.0 Å². The Labute approximate surface area is 166 Å². The molecule has 2 fully saturated rings. The largest absolute Gasteiger partial charge is 0.497 e. The van der Waals surface area contributed by atoms with Gasteiger partial charge in [0.1, 0.15) is 11.5 Å². The van der Waals surface area contributed by atoms with Crippen molar-refractivity contribution in [3.63, 3.8) is 0 Å². The molecule has 1 heterocycles. The molecular weight excluding hydrogens is 360 g/mol. The summed E-state index contributed by atoms with van der Waals surface area (Å²) in [5.74, 6) is 1.26. The summed E-state index contributed by atoms with van der Waals surface area (Å²) in [6.07, 6.45) is 2.20. The van der Waals surface area contributed by atoms with Gasteiger partial charge < -0.3 is 20.1 Å². The van der Waals surface area contributed by atoms with Gasteiger partial charge >= 0.3 is 0 Å². The lowest BCUT2D eigenvalue weighted by molar-refractivity contribution is -0.124. The van der Waals surface area contributed by atoms with Gasteiger partial charge in [-0.05, 0) is 31.9 Å². The summed E-state index contributed by atoms with van der Waals surface area (Å²) in [6.45, 7) is 5.39. The van der Waals surface area contributed by atoms with Crippen molar-refractivity contribution in [2.75, 3.05) is 52.3 Å². The summed E-state index contributed by atoms with van der Waals surface area (Å²) >= 11 is 0. The van der Waals surface area contributed by atoms with Crippen molar-refractivity contribution in [3.8, 4) is 11.5 Å². The molecule has 2 amide bonds. The second-order valence-electron chi connectivity index (χ2n) is 7.39. The van der Waals surface area contributed by atoms with Crippen LogP contribution >= 0.6 is 0 Å². The minimum atomic E-state index is -0.279. The summed E-state index contributed by atoms with van der Waals surface area (Å²) in [5.41, 5.74) is 0.592. The predicted molar refractivity (Wildman–Crippen MR) is 107 cm³/mol. The standard InChI is InChI=1S/C20H30N4O4/c1-14(20(26)22-17-12-16(27-2)6-7-18(17)28-3)24-10-8-23(9-11-24)13-19(25)21-15-4-5-15/h6-7,12,14-15H,4-5,8-11,13H2,1-3H3,(H,21,25)(H,22,26). The van der Waals surface area contributed by atoms with Gasteiger partial charge in [-0.3, -0.25) is 19.4 Å². The summed E-state index contributed by atoms with van der Waals surface area (Å²) < 4.78 is 10.6. The van der Waals surface area contributed by atoms with Crippen molar-refractivity contribution >= 4 is 17.5 Å². The first-order valence-electron chi connectivity index (χ1n) is 9.79. The molecule has 3 rings (SSSR count). The van der Waals surface area contributed by atoms with Crippen LogP contribution in [0.25, 0.3) is 0 Å². The van der Waals surface area contributed by atoms with E-state index in [-0.39, 0.29) is 17.9 Å². The summed E-state index contributed by atoms with van der Waals surface area (Å²) in [4.78, 5) is 29.0. The van der Waals surface area contributed by atoms with Crippen molar-refractivity contribution in [2.24, 2.45) is 0 Å². The number of amides is 2. The number of carbonyl (C=O) groups excluding carboxylic acids is 2. The van der Waals surface area contributed by atoms with E-state index in [1.165, 1.54) is 0 Å². The van der Waals surface area contributed by atoms with E-state index < -0.39 is 0 Å². The average molecular weight is 390 g/mol. The highest BCUT2D eigenvalue weighted by Gasteiger charge is 2.28. The van der Waals surface area contributed by atoms with Gasteiger partial charge in [0.25, 0.3) is 0 Å². The van der Waals surface area contributed by atoms with E-state index in [1.807, 2.05) is 6.92 Å². The number of ether oxygens (including phenoxy) is 2. The van der Waals surface area contributed by atoms with Gasteiger partial charge in [-0.25, -0.2) is 0 Å². The monoisotopic (exact) mass is 390 g/mol. The van der Waals surface area contributed by atoms with Gasteiger partial charge in [0, 0.05) is 38.3 Å². The molecule has 1 aliphatic carbocycles. The first-order valence-corrected chi connectivity index (χ1v) is 9.79. The number of hydrogen-bond donors (Lipinski definition) is 2. The van der Waals surface area contributed by atoms with Crippen molar-refractivity contribution in [1.29, 1.82) is 0 Å². The Kier molecular flexibility index (Phi) is 6.74. The minimum absolute atomic E-state index is 0.0912. The van der Waals surface area contributed by atoms with Crippen LogP contribution < -0.4 is 20.1 Å². The van der Waals surface area contributed by atoms with Gasteiger partial charge in [0.15, 0.2) is 0 Å². The van der Waals surface area contributed by atoms with Crippen LogP contribution in [0.15, 0.2) is 18.2 Å². The molecule has 28 heavy (non-hydrogen) atoms. The normalized spacial score (nSPS) is 19.0. The quantitative estimate of drug-likeness (QED) is 0.687. The van der Waals surface area contributed by atoms with Gasteiger partial charge in [-0.2, -0.15) is 0 Å². The first-order chi connectivity index (χ1) is 13.5. The first kappa shape index (κ1) is 20.4. The number of nitrogens with one attached hydrogen (secondary N) is 2. The maximum absolute atomic E-state index is 12.7. The third-order valence-electron chi connectivity index (χ3n) is 5.31. The molecule has 1 atom stereocenters. The molecule has 0 spiro atoms. The maximum atomic E-state index is 12.7. The molecule has 2 N–H and O–H groups in total. The lowest BCUT2D eigenvalue weighted by Gasteiger charge is -2.37. The zero-order valence-corrected chi connectivity index (χ0v) is 16.9. The number of piperazine rings is 1. The maximum Gasteiger partial charge on any atom is 0.241 e. The Bertz CT molecular complexity index is 699. The fourth-order valence-electron chi connectivity index (χ4n) is 3.33. The van der Waals surface area contributed by atoms with E-state index in [0.29, 0.717) is 29.8 Å². The van der Waals surface area contributed by atoms with E-state index in [2.05, 4.69) is 20.4 Å². The Morgan fingerprint density at radius 3 is 2.46 bits per heavy atom. The van der Waals surface area contributed by atoms with Gasteiger partial charge in [-0.1, -0.05) is 0 Å².